The summed E-state index contributed by atoms with van der Waals surface area (Å²) in [5, 5.41) is 0. The maximum Gasteiger partial charge on any atom is 0.337 e. The highest BCUT2D eigenvalue weighted by Gasteiger charge is 2.39. The predicted octanol–water partition coefficient (Wildman–Crippen LogP) is 2.07. The van der Waals surface area contributed by atoms with E-state index in [1.165, 1.54) is 7.11 Å². The standard InChI is InChI=1S/C13H17NO3.ClH/c1-9-7-10(12(15)16-2)3-4-11(9)17-8-13(14)5-6-13;/h3-4,7H,5-6,8,14H2,1-2H3;1H. The van der Waals surface area contributed by atoms with Gasteiger partial charge in [-0.1, -0.05) is 0 Å². The van der Waals surface area contributed by atoms with Crippen LogP contribution in [0.4, 0.5) is 0 Å². The topological polar surface area (TPSA) is 61.5 Å². The zero-order chi connectivity index (χ0) is 12.5. The van der Waals surface area contributed by atoms with Crippen molar-refractivity contribution in [3.05, 3.63) is 29.3 Å². The van der Waals surface area contributed by atoms with E-state index in [4.69, 9.17) is 10.5 Å². The lowest BCUT2D eigenvalue weighted by Gasteiger charge is -2.13. The Hall–Kier alpha value is -1.26. The molecule has 0 heterocycles. The van der Waals surface area contributed by atoms with Gasteiger partial charge in [0.1, 0.15) is 12.4 Å². The highest BCUT2D eigenvalue weighted by Crippen LogP contribution is 2.33. The summed E-state index contributed by atoms with van der Waals surface area (Å²) < 4.78 is 10.3. The van der Waals surface area contributed by atoms with Crippen LogP contribution in [0.15, 0.2) is 18.2 Å². The molecule has 5 heteroatoms. The van der Waals surface area contributed by atoms with Crippen molar-refractivity contribution < 1.29 is 14.3 Å². The second-order valence-corrected chi connectivity index (χ2v) is 4.62. The van der Waals surface area contributed by atoms with Crippen LogP contribution in [0.25, 0.3) is 0 Å². The summed E-state index contributed by atoms with van der Waals surface area (Å²) in [6, 6.07) is 5.24. The van der Waals surface area contributed by atoms with Gasteiger partial charge >= 0.3 is 5.97 Å². The second kappa shape index (κ2) is 5.59. The number of ether oxygens (including phenoxy) is 2. The number of hydrogen-bond donors (Lipinski definition) is 1. The summed E-state index contributed by atoms with van der Waals surface area (Å²) in [6.45, 7) is 2.43. The van der Waals surface area contributed by atoms with E-state index < -0.39 is 0 Å². The minimum atomic E-state index is -0.336. The van der Waals surface area contributed by atoms with Crippen LogP contribution in [-0.2, 0) is 4.74 Å². The van der Waals surface area contributed by atoms with E-state index in [1.807, 2.05) is 6.92 Å². The van der Waals surface area contributed by atoms with Gasteiger partial charge in [-0.2, -0.15) is 0 Å². The molecule has 0 radical (unpaired) electrons. The van der Waals surface area contributed by atoms with E-state index in [2.05, 4.69) is 4.74 Å². The number of nitrogens with two attached hydrogens (primary N) is 1. The molecular weight excluding hydrogens is 254 g/mol. The molecular formula is C13H18ClNO3. The first-order valence-corrected chi connectivity index (χ1v) is 5.65. The molecule has 100 valence electrons. The number of esters is 1. The van der Waals surface area contributed by atoms with Gasteiger partial charge in [0.05, 0.1) is 18.2 Å². The van der Waals surface area contributed by atoms with Gasteiger partial charge in [0.2, 0.25) is 0 Å². The van der Waals surface area contributed by atoms with E-state index in [0.717, 1.165) is 24.2 Å². The Balaban J connectivity index is 0.00000162. The third-order valence-corrected chi connectivity index (χ3v) is 3.00. The molecule has 18 heavy (non-hydrogen) atoms. The summed E-state index contributed by atoms with van der Waals surface area (Å²) in [6.07, 6.45) is 2.04. The summed E-state index contributed by atoms with van der Waals surface area (Å²) in [7, 11) is 1.37. The summed E-state index contributed by atoms with van der Waals surface area (Å²) >= 11 is 0. The Labute approximate surface area is 113 Å². The smallest absolute Gasteiger partial charge is 0.337 e. The van der Waals surface area contributed by atoms with Gasteiger partial charge in [0.25, 0.3) is 0 Å². The molecule has 1 aliphatic rings. The van der Waals surface area contributed by atoms with Crippen molar-refractivity contribution in [1.82, 2.24) is 0 Å². The van der Waals surface area contributed by atoms with Crippen LogP contribution in [0.1, 0.15) is 28.8 Å². The number of rotatable bonds is 4. The van der Waals surface area contributed by atoms with Crippen LogP contribution in [0.3, 0.4) is 0 Å². The third-order valence-electron chi connectivity index (χ3n) is 3.00. The van der Waals surface area contributed by atoms with Gasteiger partial charge in [0, 0.05) is 0 Å². The number of carbonyl (C=O) groups is 1. The summed E-state index contributed by atoms with van der Waals surface area (Å²) in [4.78, 5) is 11.3. The van der Waals surface area contributed by atoms with Gasteiger partial charge in [-0.05, 0) is 43.5 Å². The average Bonchev–Trinajstić information content (AvgIpc) is 3.05. The zero-order valence-corrected chi connectivity index (χ0v) is 11.4. The molecule has 0 unspecified atom stereocenters. The number of methoxy groups -OCH3 is 1. The first-order chi connectivity index (χ1) is 8.04. The number of aryl methyl sites for hydroxylation is 1. The summed E-state index contributed by atoms with van der Waals surface area (Å²) in [5.41, 5.74) is 7.26. The molecule has 4 nitrogen and oxygen atoms in total. The van der Waals surface area contributed by atoms with E-state index in [9.17, 15) is 4.79 Å². The van der Waals surface area contributed by atoms with E-state index in [0.29, 0.717) is 12.2 Å². The monoisotopic (exact) mass is 271 g/mol. The van der Waals surface area contributed by atoms with Crippen molar-refractivity contribution in [3.63, 3.8) is 0 Å². The molecule has 0 amide bonds. The number of halogens is 1. The molecule has 0 aliphatic heterocycles. The SMILES string of the molecule is COC(=O)c1ccc(OCC2(N)CC2)c(C)c1.Cl. The van der Waals surface area contributed by atoms with Crippen LogP contribution in [0.2, 0.25) is 0 Å². The van der Waals surface area contributed by atoms with Crippen LogP contribution in [-0.4, -0.2) is 25.2 Å². The maximum atomic E-state index is 11.3. The molecule has 1 aliphatic carbocycles. The summed E-state index contributed by atoms with van der Waals surface area (Å²) in [5.74, 6) is 0.437. The van der Waals surface area contributed by atoms with Gasteiger partial charge < -0.3 is 15.2 Å². The van der Waals surface area contributed by atoms with E-state index in [1.54, 1.807) is 18.2 Å². The Morgan fingerprint density at radius 1 is 1.44 bits per heavy atom. The maximum absolute atomic E-state index is 11.3. The Morgan fingerprint density at radius 3 is 2.61 bits per heavy atom. The van der Waals surface area contributed by atoms with Crippen molar-refractivity contribution in [1.29, 1.82) is 0 Å². The number of carbonyl (C=O) groups excluding carboxylic acids is 1. The van der Waals surface area contributed by atoms with Crippen LogP contribution < -0.4 is 10.5 Å². The molecule has 1 aromatic carbocycles. The van der Waals surface area contributed by atoms with Crippen molar-refractivity contribution in [2.75, 3.05) is 13.7 Å². The lowest BCUT2D eigenvalue weighted by Crippen LogP contribution is -2.29. The minimum absolute atomic E-state index is 0. The molecule has 0 spiro atoms. The molecule has 2 N–H and O–H groups in total. The molecule has 0 bridgehead atoms. The highest BCUT2D eigenvalue weighted by atomic mass is 35.5. The Kier molecular flexibility index (Phi) is 4.59. The lowest BCUT2D eigenvalue weighted by molar-refractivity contribution is 0.0600. The fourth-order valence-electron chi connectivity index (χ4n) is 1.58. The Bertz CT molecular complexity index is 444. The lowest BCUT2D eigenvalue weighted by atomic mass is 10.1. The van der Waals surface area contributed by atoms with E-state index in [-0.39, 0.29) is 23.9 Å². The normalized spacial score (nSPS) is 15.5. The minimum Gasteiger partial charge on any atom is -0.491 e. The molecule has 2 rings (SSSR count). The largest absolute Gasteiger partial charge is 0.491 e. The molecule has 0 aromatic heterocycles. The van der Waals surface area contributed by atoms with Crippen molar-refractivity contribution in [2.24, 2.45) is 5.73 Å². The Morgan fingerprint density at radius 2 is 2.11 bits per heavy atom. The average molecular weight is 272 g/mol. The number of hydrogen-bond acceptors (Lipinski definition) is 4. The quantitative estimate of drug-likeness (QED) is 0.852. The van der Waals surface area contributed by atoms with Gasteiger partial charge in [-0.15, -0.1) is 12.4 Å². The fourth-order valence-corrected chi connectivity index (χ4v) is 1.58. The van der Waals surface area contributed by atoms with Gasteiger partial charge in [-0.3, -0.25) is 0 Å². The first-order valence-electron chi connectivity index (χ1n) is 5.65. The highest BCUT2D eigenvalue weighted by molar-refractivity contribution is 5.89. The predicted molar refractivity (Wildman–Crippen MR) is 71.4 cm³/mol. The van der Waals surface area contributed by atoms with Crippen LogP contribution in [0, 0.1) is 6.92 Å². The van der Waals surface area contributed by atoms with Crippen molar-refractivity contribution in [3.8, 4) is 5.75 Å². The zero-order valence-electron chi connectivity index (χ0n) is 10.6. The van der Waals surface area contributed by atoms with Crippen molar-refractivity contribution >= 4 is 18.4 Å². The molecule has 0 atom stereocenters. The van der Waals surface area contributed by atoms with Crippen molar-refractivity contribution in [2.45, 2.75) is 25.3 Å². The first kappa shape index (κ1) is 14.8. The molecule has 0 saturated heterocycles. The fraction of sp³-hybridized carbons (Fsp3) is 0.462. The van der Waals surface area contributed by atoms with Gasteiger partial charge in [-0.25, -0.2) is 4.79 Å². The third kappa shape index (κ3) is 3.37. The molecule has 1 saturated carbocycles. The van der Waals surface area contributed by atoms with E-state index >= 15 is 0 Å². The molecule has 1 aromatic rings. The molecule has 1 fully saturated rings. The van der Waals surface area contributed by atoms with Gasteiger partial charge in [0.15, 0.2) is 0 Å². The van der Waals surface area contributed by atoms with Crippen LogP contribution >= 0.6 is 12.4 Å². The number of benzene rings is 1. The van der Waals surface area contributed by atoms with Crippen LogP contribution in [0.5, 0.6) is 5.75 Å². The second-order valence-electron chi connectivity index (χ2n) is 4.62.